The number of rotatable bonds is 6. The average molecular weight is 475 g/mol. The number of carbonyl (C=O) groups excluding carboxylic acids is 5. The molecular weight excluding hydrogens is 440 g/mol. The second kappa shape index (κ2) is 8.70. The normalized spacial score (nSPS) is 38.8. The van der Waals surface area contributed by atoms with E-state index in [0.29, 0.717) is 19.3 Å². The molecule has 34 heavy (non-hydrogen) atoms. The van der Waals surface area contributed by atoms with Crippen molar-refractivity contribution in [2.45, 2.75) is 77.2 Å². The predicted molar refractivity (Wildman–Crippen MR) is 119 cm³/mol. The molecule has 0 aliphatic heterocycles. The van der Waals surface area contributed by atoms with E-state index < -0.39 is 35.3 Å². The van der Waals surface area contributed by atoms with E-state index in [1.165, 1.54) is 7.11 Å². The van der Waals surface area contributed by atoms with Crippen LogP contribution in [0.1, 0.15) is 71.6 Å². The zero-order chi connectivity index (χ0) is 24.9. The van der Waals surface area contributed by atoms with E-state index in [4.69, 9.17) is 4.74 Å². The Bertz CT molecular complexity index is 966. The van der Waals surface area contributed by atoms with Gasteiger partial charge < -0.3 is 14.6 Å². The van der Waals surface area contributed by atoms with E-state index >= 15 is 0 Å². The highest BCUT2D eigenvalue weighted by Gasteiger charge is 2.70. The van der Waals surface area contributed by atoms with Gasteiger partial charge in [0, 0.05) is 24.2 Å². The van der Waals surface area contributed by atoms with Crippen LogP contribution in [0, 0.1) is 28.6 Å². The minimum atomic E-state index is -1.60. The number of fused-ring (bicyclic) bond motifs is 5. The van der Waals surface area contributed by atoms with E-state index in [1.54, 1.807) is 6.08 Å². The molecule has 186 valence electrons. The highest BCUT2D eigenvalue weighted by Crippen LogP contribution is 2.67. The number of allylic oxidation sites excluding steroid dienone is 1. The van der Waals surface area contributed by atoms with E-state index in [9.17, 15) is 29.1 Å². The molecule has 0 amide bonds. The Morgan fingerprint density at radius 2 is 1.76 bits per heavy atom. The molecular formula is C26H34O8. The van der Waals surface area contributed by atoms with Gasteiger partial charge in [-0.15, -0.1) is 0 Å². The number of aliphatic hydroxyl groups excluding tert-OH is 1. The summed E-state index contributed by atoms with van der Waals surface area (Å²) < 4.78 is 10.4. The third kappa shape index (κ3) is 3.56. The number of ketones is 3. The molecule has 4 aliphatic carbocycles. The van der Waals surface area contributed by atoms with Crippen LogP contribution in [-0.4, -0.2) is 53.7 Å². The van der Waals surface area contributed by atoms with Crippen LogP contribution in [0.4, 0.5) is 0 Å². The third-order valence-corrected chi connectivity index (χ3v) is 9.42. The first-order valence-corrected chi connectivity index (χ1v) is 12.2. The summed E-state index contributed by atoms with van der Waals surface area (Å²) >= 11 is 0. The maximum Gasteiger partial charge on any atom is 0.307 e. The molecule has 8 nitrogen and oxygen atoms in total. The number of methoxy groups -OCH3 is 1. The summed E-state index contributed by atoms with van der Waals surface area (Å²) in [5, 5.41) is 9.81. The minimum absolute atomic E-state index is 0.0174. The molecule has 3 saturated carbocycles. The Labute approximate surface area is 199 Å². The van der Waals surface area contributed by atoms with Crippen LogP contribution in [0.25, 0.3) is 0 Å². The molecule has 0 saturated heterocycles. The van der Waals surface area contributed by atoms with Gasteiger partial charge >= 0.3 is 11.9 Å². The van der Waals surface area contributed by atoms with Crippen molar-refractivity contribution in [3.8, 4) is 0 Å². The quantitative estimate of drug-likeness (QED) is 0.582. The predicted octanol–water partition coefficient (Wildman–Crippen LogP) is 2.49. The standard InChI is InChI=1S/C26H34O8/c1-24-10-8-16(28)12-15(24)4-5-17-18-9-11-26(20(30)14-27,25(18,2)13-19(29)23(17)24)34-22(32)7-6-21(31)33-3/h12,17-18,23,27H,4-11,13-14H2,1-3H3/t17-,18-,23+,24-,25-,26-/m0/s1. The maximum absolute atomic E-state index is 13.8. The molecule has 0 spiro atoms. The van der Waals surface area contributed by atoms with Crippen molar-refractivity contribution >= 4 is 29.3 Å². The molecule has 0 aromatic rings. The fraction of sp³-hybridized carbons (Fsp3) is 0.731. The van der Waals surface area contributed by atoms with E-state index in [1.807, 2.05) is 6.92 Å². The summed E-state index contributed by atoms with van der Waals surface area (Å²) in [6.45, 7) is 3.15. The smallest absolute Gasteiger partial charge is 0.307 e. The first-order chi connectivity index (χ1) is 16.0. The summed E-state index contributed by atoms with van der Waals surface area (Å²) in [6, 6.07) is 0. The second-order valence-corrected chi connectivity index (χ2v) is 10.9. The van der Waals surface area contributed by atoms with Crippen LogP contribution in [-0.2, 0) is 33.4 Å². The van der Waals surface area contributed by atoms with Crippen LogP contribution in [0.2, 0.25) is 0 Å². The van der Waals surface area contributed by atoms with Crippen LogP contribution in [0.5, 0.6) is 0 Å². The van der Waals surface area contributed by atoms with Crippen LogP contribution in [0.15, 0.2) is 11.6 Å². The lowest BCUT2D eigenvalue weighted by Gasteiger charge is -2.58. The van der Waals surface area contributed by atoms with Crippen molar-refractivity contribution in [1.82, 2.24) is 0 Å². The van der Waals surface area contributed by atoms with Gasteiger partial charge in [0.05, 0.1) is 20.0 Å². The topological polar surface area (TPSA) is 124 Å². The van der Waals surface area contributed by atoms with Crippen LogP contribution < -0.4 is 0 Å². The van der Waals surface area contributed by atoms with E-state index in [-0.39, 0.29) is 60.4 Å². The van der Waals surface area contributed by atoms with Gasteiger partial charge in [0.15, 0.2) is 11.4 Å². The molecule has 0 bridgehead atoms. The Balaban J connectivity index is 1.66. The summed E-state index contributed by atoms with van der Waals surface area (Å²) in [6.07, 6.45) is 4.81. The number of hydrogen-bond acceptors (Lipinski definition) is 8. The molecule has 8 heteroatoms. The highest BCUT2D eigenvalue weighted by atomic mass is 16.6. The number of Topliss-reactive ketones (excluding diaryl/α,β-unsaturated/α-hetero) is 2. The summed E-state index contributed by atoms with van der Waals surface area (Å²) in [5.41, 5.74) is -1.83. The van der Waals surface area contributed by atoms with E-state index in [0.717, 1.165) is 18.4 Å². The SMILES string of the molecule is COC(=O)CCC(=O)O[C@]1(C(=O)CO)CC[C@H]2[C@@H]3CCC4=CC(=O)CC[C@]4(C)[C@H]3C(=O)C[C@@]21C. The minimum Gasteiger partial charge on any atom is -0.469 e. The number of carbonyl (C=O) groups is 5. The van der Waals surface area contributed by atoms with Crippen molar-refractivity contribution in [3.05, 3.63) is 11.6 Å². The molecule has 0 aromatic heterocycles. The second-order valence-electron chi connectivity index (χ2n) is 10.9. The zero-order valence-corrected chi connectivity index (χ0v) is 20.2. The number of aliphatic hydroxyl groups is 1. The summed E-state index contributed by atoms with van der Waals surface area (Å²) in [5.74, 6) is -1.96. The average Bonchev–Trinajstić information content (AvgIpc) is 3.09. The fourth-order valence-corrected chi connectivity index (χ4v) is 7.73. The van der Waals surface area contributed by atoms with Crippen molar-refractivity contribution in [1.29, 1.82) is 0 Å². The monoisotopic (exact) mass is 474 g/mol. The Hall–Kier alpha value is -2.35. The van der Waals surface area contributed by atoms with Crippen LogP contribution in [0.3, 0.4) is 0 Å². The van der Waals surface area contributed by atoms with Gasteiger partial charge in [-0.3, -0.25) is 24.0 Å². The van der Waals surface area contributed by atoms with Gasteiger partial charge in [-0.2, -0.15) is 0 Å². The van der Waals surface area contributed by atoms with Gasteiger partial charge in [-0.1, -0.05) is 19.4 Å². The Morgan fingerprint density at radius 1 is 1.06 bits per heavy atom. The van der Waals surface area contributed by atoms with Crippen molar-refractivity contribution in [3.63, 3.8) is 0 Å². The zero-order valence-electron chi connectivity index (χ0n) is 20.2. The van der Waals surface area contributed by atoms with Gasteiger partial charge in [-0.05, 0) is 55.4 Å². The van der Waals surface area contributed by atoms with Gasteiger partial charge in [0.25, 0.3) is 0 Å². The molecule has 4 rings (SSSR count). The number of esters is 2. The highest BCUT2D eigenvalue weighted by molar-refractivity contribution is 5.95. The van der Waals surface area contributed by atoms with Gasteiger partial charge in [0.1, 0.15) is 12.4 Å². The third-order valence-electron chi connectivity index (χ3n) is 9.42. The maximum atomic E-state index is 13.8. The van der Waals surface area contributed by atoms with Crippen molar-refractivity contribution in [2.24, 2.45) is 28.6 Å². The van der Waals surface area contributed by atoms with Crippen LogP contribution >= 0.6 is 0 Å². The van der Waals surface area contributed by atoms with E-state index in [2.05, 4.69) is 11.7 Å². The van der Waals surface area contributed by atoms with Gasteiger partial charge in [-0.25, -0.2) is 0 Å². The molecule has 4 aliphatic rings. The van der Waals surface area contributed by atoms with Crippen molar-refractivity contribution in [2.75, 3.05) is 13.7 Å². The molecule has 1 N–H and O–H groups in total. The lowest BCUT2D eigenvalue weighted by molar-refractivity contribution is -0.192. The number of ether oxygens (including phenoxy) is 2. The summed E-state index contributed by atoms with van der Waals surface area (Å²) in [7, 11) is 1.23. The van der Waals surface area contributed by atoms with Crippen molar-refractivity contribution < 1.29 is 38.6 Å². The fourth-order valence-electron chi connectivity index (χ4n) is 7.73. The first kappa shape index (κ1) is 24.8. The molecule has 3 fully saturated rings. The lowest BCUT2D eigenvalue weighted by Crippen LogP contribution is -2.62. The molecule has 6 atom stereocenters. The molecule has 0 radical (unpaired) electrons. The molecule has 0 heterocycles. The molecule has 0 unspecified atom stereocenters. The number of hydrogen-bond donors (Lipinski definition) is 1. The largest absolute Gasteiger partial charge is 0.469 e. The Kier molecular flexibility index (Phi) is 6.34. The Morgan fingerprint density at radius 3 is 2.44 bits per heavy atom. The van der Waals surface area contributed by atoms with Gasteiger partial charge in [0.2, 0.25) is 5.78 Å². The summed E-state index contributed by atoms with van der Waals surface area (Å²) in [4.78, 5) is 63.1. The molecule has 0 aromatic carbocycles. The lowest BCUT2D eigenvalue weighted by atomic mass is 9.46. The first-order valence-electron chi connectivity index (χ1n) is 12.2.